The molecule has 3 heteroatoms. The first-order chi connectivity index (χ1) is 8.58. The summed E-state index contributed by atoms with van der Waals surface area (Å²) >= 11 is 5.78. The minimum absolute atomic E-state index is 0.321. The molecule has 1 nitrogen and oxygen atoms in total. The molecule has 0 saturated carbocycles. The molecule has 1 aliphatic carbocycles. The second kappa shape index (κ2) is 4.08. The van der Waals surface area contributed by atoms with Gasteiger partial charge < -0.3 is 5.73 Å². The Labute approximate surface area is 110 Å². The van der Waals surface area contributed by atoms with Gasteiger partial charge in [0.1, 0.15) is 5.82 Å². The van der Waals surface area contributed by atoms with Crippen molar-refractivity contribution >= 4 is 11.6 Å². The van der Waals surface area contributed by atoms with Crippen LogP contribution >= 0.6 is 11.6 Å². The summed E-state index contributed by atoms with van der Waals surface area (Å²) in [7, 11) is 0. The molecule has 0 amide bonds. The Kier molecular flexibility index (Phi) is 2.65. The summed E-state index contributed by atoms with van der Waals surface area (Å²) < 4.78 is 14.0. The van der Waals surface area contributed by atoms with Crippen molar-refractivity contribution in [3.8, 4) is 0 Å². The maximum Gasteiger partial charge on any atom is 0.129 e. The Hall–Kier alpha value is -1.38. The highest BCUT2D eigenvalue weighted by molar-refractivity contribution is 6.30. The first-order valence-electron chi connectivity index (χ1n) is 5.90. The SMILES string of the molecule is NC1(c2ccc(Cl)cc2F)Cc2ccccc2C1. The largest absolute Gasteiger partial charge is 0.321 e. The van der Waals surface area contributed by atoms with Gasteiger partial charge in [-0.2, -0.15) is 0 Å². The molecule has 0 radical (unpaired) electrons. The molecule has 0 bridgehead atoms. The lowest BCUT2D eigenvalue weighted by Crippen LogP contribution is -2.38. The van der Waals surface area contributed by atoms with Gasteiger partial charge in [0.15, 0.2) is 0 Å². The zero-order valence-corrected chi connectivity index (χ0v) is 10.5. The average Bonchev–Trinajstić information content (AvgIpc) is 2.65. The van der Waals surface area contributed by atoms with Crippen molar-refractivity contribution in [3.63, 3.8) is 0 Å². The number of hydrogen-bond donors (Lipinski definition) is 1. The lowest BCUT2D eigenvalue weighted by Gasteiger charge is -2.24. The van der Waals surface area contributed by atoms with E-state index in [0.29, 0.717) is 23.4 Å². The van der Waals surface area contributed by atoms with E-state index in [1.807, 2.05) is 12.1 Å². The summed E-state index contributed by atoms with van der Waals surface area (Å²) in [6.45, 7) is 0. The highest BCUT2D eigenvalue weighted by Gasteiger charge is 2.36. The van der Waals surface area contributed by atoms with E-state index in [2.05, 4.69) is 12.1 Å². The van der Waals surface area contributed by atoms with Crippen LogP contribution in [0.4, 0.5) is 4.39 Å². The minimum Gasteiger partial charge on any atom is -0.321 e. The first kappa shape index (κ1) is 11.7. The van der Waals surface area contributed by atoms with Gasteiger partial charge in [-0.1, -0.05) is 41.9 Å². The molecule has 0 saturated heterocycles. The molecule has 2 N–H and O–H groups in total. The topological polar surface area (TPSA) is 26.0 Å². The maximum atomic E-state index is 14.0. The Morgan fingerprint density at radius 2 is 1.67 bits per heavy atom. The van der Waals surface area contributed by atoms with Crippen LogP contribution in [0.1, 0.15) is 16.7 Å². The van der Waals surface area contributed by atoms with Crippen molar-refractivity contribution in [2.24, 2.45) is 5.73 Å². The monoisotopic (exact) mass is 261 g/mol. The predicted molar refractivity (Wildman–Crippen MR) is 71.1 cm³/mol. The molecule has 2 aromatic carbocycles. The second-order valence-corrected chi connectivity index (χ2v) is 5.34. The molecular formula is C15H13ClFN. The zero-order chi connectivity index (χ0) is 12.8. The van der Waals surface area contributed by atoms with Gasteiger partial charge in [-0.3, -0.25) is 0 Å². The van der Waals surface area contributed by atoms with Gasteiger partial charge in [0.25, 0.3) is 0 Å². The fourth-order valence-corrected chi connectivity index (χ4v) is 2.89. The van der Waals surface area contributed by atoms with Crippen molar-refractivity contribution in [1.29, 1.82) is 0 Å². The van der Waals surface area contributed by atoms with Crippen LogP contribution < -0.4 is 5.73 Å². The molecular weight excluding hydrogens is 249 g/mol. The molecule has 0 atom stereocenters. The van der Waals surface area contributed by atoms with E-state index < -0.39 is 5.54 Å². The van der Waals surface area contributed by atoms with E-state index >= 15 is 0 Å². The average molecular weight is 262 g/mol. The van der Waals surface area contributed by atoms with Crippen molar-refractivity contribution < 1.29 is 4.39 Å². The van der Waals surface area contributed by atoms with Crippen LogP contribution in [0.3, 0.4) is 0 Å². The fourth-order valence-electron chi connectivity index (χ4n) is 2.73. The van der Waals surface area contributed by atoms with Gasteiger partial charge in [-0.05, 0) is 36.1 Å². The minimum atomic E-state index is -0.654. The zero-order valence-electron chi connectivity index (χ0n) is 9.79. The van der Waals surface area contributed by atoms with Crippen molar-refractivity contribution in [2.75, 3.05) is 0 Å². The van der Waals surface area contributed by atoms with E-state index in [1.54, 1.807) is 12.1 Å². The first-order valence-corrected chi connectivity index (χ1v) is 6.27. The third kappa shape index (κ3) is 1.82. The summed E-state index contributed by atoms with van der Waals surface area (Å²) in [5.74, 6) is -0.321. The molecule has 1 aliphatic rings. The fraction of sp³-hybridized carbons (Fsp3) is 0.200. The van der Waals surface area contributed by atoms with Gasteiger partial charge in [-0.25, -0.2) is 4.39 Å². The quantitative estimate of drug-likeness (QED) is 0.836. The number of fused-ring (bicyclic) bond motifs is 1. The standard InChI is InChI=1S/C15H13ClFN/c16-12-5-6-13(14(17)7-12)15(18)8-10-3-1-2-4-11(10)9-15/h1-7H,8-9,18H2. The molecule has 0 heterocycles. The lowest BCUT2D eigenvalue weighted by atomic mass is 9.87. The third-order valence-corrected chi connectivity index (χ3v) is 3.83. The molecule has 92 valence electrons. The summed E-state index contributed by atoms with van der Waals surface area (Å²) in [6.07, 6.45) is 1.34. The molecule has 18 heavy (non-hydrogen) atoms. The summed E-state index contributed by atoms with van der Waals surface area (Å²) in [5.41, 5.74) is 8.69. The highest BCUT2D eigenvalue weighted by atomic mass is 35.5. The Morgan fingerprint density at radius 3 is 2.22 bits per heavy atom. The number of nitrogens with two attached hydrogens (primary N) is 1. The lowest BCUT2D eigenvalue weighted by molar-refractivity contribution is 0.442. The van der Waals surface area contributed by atoms with Crippen molar-refractivity contribution in [1.82, 2.24) is 0 Å². The third-order valence-electron chi connectivity index (χ3n) is 3.60. The predicted octanol–water partition coefficient (Wildman–Crippen LogP) is 3.43. The molecule has 2 aromatic rings. The number of rotatable bonds is 1. The number of halogens is 2. The van der Waals surface area contributed by atoms with Crippen LogP contribution in [-0.2, 0) is 18.4 Å². The van der Waals surface area contributed by atoms with Crippen molar-refractivity contribution in [3.05, 3.63) is 70.0 Å². The van der Waals surface area contributed by atoms with Gasteiger partial charge >= 0.3 is 0 Å². The molecule has 0 aromatic heterocycles. The van der Waals surface area contributed by atoms with E-state index in [4.69, 9.17) is 17.3 Å². The van der Waals surface area contributed by atoms with Gasteiger partial charge in [0.2, 0.25) is 0 Å². The van der Waals surface area contributed by atoms with E-state index in [-0.39, 0.29) is 5.82 Å². The number of hydrogen-bond acceptors (Lipinski definition) is 1. The van der Waals surface area contributed by atoms with Crippen LogP contribution in [0.25, 0.3) is 0 Å². The summed E-state index contributed by atoms with van der Waals surface area (Å²) in [5, 5.41) is 0.398. The van der Waals surface area contributed by atoms with Gasteiger partial charge in [-0.15, -0.1) is 0 Å². The Bertz CT molecular complexity index is 584. The Morgan fingerprint density at radius 1 is 1.06 bits per heavy atom. The normalized spacial score (nSPS) is 16.6. The van der Waals surface area contributed by atoms with Crippen LogP contribution in [0, 0.1) is 5.82 Å². The van der Waals surface area contributed by atoms with E-state index in [1.165, 1.54) is 17.2 Å². The summed E-state index contributed by atoms with van der Waals surface area (Å²) in [4.78, 5) is 0. The van der Waals surface area contributed by atoms with Crippen molar-refractivity contribution in [2.45, 2.75) is 18.4 Å². The van der Waals surface area contributed by atoms with Gasteiger partial charge in [0.05, 0.1) is 5.54 Å². The number of benzene rings is 2. The molecule has 0 unspecified atom stereocenters. The molecule has 0 spiro atoms. The molecule has 3 rings (SSSR count). The van der Waals surface area contributed by atoms with Crippen LogP contribution in [-0.4, -0.2) is 0 Å². The molecule has 0 fully saturated rings. The van der Waals surface area contributed by atoms with Crippen LogP contribution in [0.2, 0.25) is 5.02 Å². The van der Waals surface area contributed by atoms with Crippen LogP contribution in [0.5, 0.6) is 0 Å². The van der Waals surface area contributed by atoms with Gasteiger partial charge in [0, 0.05) is 10.6 Å². The maximum absolute atomic E-state index is 14.0. The Balaban J connectivity index is 2.04. The highest BCUT2D eigenvalue weighted by Crippen LogP contribution is 2.37. The van der Waals surface area contributed by atoms with E-state index in [9.17, 15) is 4.39 Å². The smallest absolute Gasteiger partial charge is 0.129 e. The summed E-state index contributed by atoms with van der Waals surface area (Å²) in [6, 6.07) is 12.8. The van der Waals surface area contributed by atoms with Crippen LogP contribution in [0.15, 0.2) is 42.5 Å². The van der Waals surface area contributed by atoms with E-state index in [0.717, 1.165) is 0 Å². The molecule has 0 aliphatic heterocycles. The second-order valence-electron chi connectivity index (χ2n) is 4.90.